The van der Waals surface area contributed by atoms with Crippen molar-refractivity contribution >= 4 is 11.9 Å². The second-order valence-electron chi connectivity index (χ2n) is 6.23. The Kier molecular flexibility index (Phi) is 3.62. The maximum atomic E-state index is 11.8. The molecule has 0 fully saturated rings. The molecule has 3 nitrogen and oxygen atoms in total. The minimum Gasteiger partial charge on any atom is -0.623 e. The summed E-state index contributed by atoms with van der Waals surface area (Å²) in [6.07, 6.45) is 1.64. The van der Waals surface area contributed by atoms with Gasteiger partial charge in [-0.2, -0.15) is 0 Å². The molecular weight excluding hydrogens is 212 g/mol. The zero-order valence-corrected chi connectivity index (χ0v) is 11.7. The van der Waals surface area contributed by atoms with Crippen molar-refractivity contribution in [1.82, 2.24) is 4.48 Å². The number of hydrogen-bond acceptors (Lipinski definition) is 1. The van der Waals surface area contributed by atoms with Crippen LogP contribution in [0.3, 0.4) is 0 Å². The van der Waals surface area contributed by atoms with E-state index in [1.165, 1.54) is 5.69 Å². The molecule has 94 valence electrons. The molecule has 0 unspecified atom stereocenters. The second kappa shape index (κ2) is 4.49. The van der Waals surface area contributed by atoms with Crippen molar-refractivity contribution < 1.29 is 4.74 Å². The molecule has 0 aliphatic heterocycles. The van der Waals surface area contributed by atoms with Crippen molar-refractivity contribution in [2.75, 3.05) is 21.1 Å². The molecule has 0 spiro atoms. The van der Waals surface area contributed by atoms with E-state index < -0.39 is 5.54 Å². The van der Waals surface area contributed by atoms with E-state index in [1.807, 2.05) is 32.9 Å². The predicted octanol–water partition coefficient (Wildman–Crippen LogP) is 2.61. The average molecular weight is 235 g/mol. The van der Waals surface area contributed by atoms with Gasteiger partial charge in [-0.3, -0.25) is 4.48 Å². The lowest BCUT2D eigenvalue weighted by atomic mass is 10.1. The highest BCUT2D eigenvalue weighted by Crippen LogP contribution is 2.16. The summed E-state index contributed by atoms with van der Waals surface area (Å²) in [4.78, 5) is 0. The molecule has 0 amide bonds. The quantitative estimate of drug-likeness (QED) is 0.254. The van der Waals surface area contributed by atoms with Gasteiger partial charge in [-0.25, -0.2) is 4.74 Å². The van der Waals surface area contributed by atoms with Crippen LogP contribution in [0.5, 0.6) is 0 Å². The highest BCUT2D eigenvalue weighted by Gasteiger charge is 2.18. The molecular formula is C14H23N2O+. The van der Waals surface area contributed by atoms with E-state index in [9.17, 15) is 5.21 Å². The smallest absolute Gasteiger partial charge is 0.182 e. The first-order chi connectivity index (χ1) is 7.60. The first-order valence-corrected chi connectivity index (χ1v) is 5.84. The molecule has 0 N–H and O–H groups in total. The molecule has 0 saturated heterocycles. The fourth-order valence-electron chi connectivity index (χ4n) is 1.34. The summed E-state index contributed by atoms with van der Waals surface area (Å²) in [7, 11) is 6.36. The molecule has 1 aromatic carbocycles. The first-order valence-electron chi connectivity index (χ1n) is 5.84. The average Bonchev–Trinajstić information content (AvgIpc) is 2.15. The zero-order valence-electron chi connectivity index (χ0n) is 11.7. The minimum atomic E-state index is -0.390. The Morgan fingerprint density at radius 1 is 1.06 bits per heavy atom. The number of rotatable bonds is 2. The maximum Gasteiger partial charge on any atom is 0.182 e. The third-order valence-electron chi connectivity index (χ3n) is 2.60. The molecule has 0 heterocycles. The SMILES string of the molecule is CC(C)(C)/[N+]([O-])=C/c1ccc([N+](C)(C)C)cc1. The van der Waals surface area contributed by atoms with Gasteiger partial charge < -0.3 is 5.21 Å². The van der Waals surface area contributed by atoms with E-state index in [1.54, 1.807) is 6.21 Å². The molecule has 3 heteroatoms. The van der Waals surface area contributed by atoms with Crippen LogP contribution in [0.4, 0.5) is 5.69 Å². The van der Waals surface area contributed by atoms with Gasteiger partial charge in [0.25, 0.3) is 0 Å². The van der Waals surface area contributed by atoms with Crippen molar-refractivity contribution in [2.45, 2.75) is 26.3 Å². The predicted molar refractivity (Wildman–Crippen MR) is 74.6 cm³/mol. The Bertz CT molecular complexity index is 405. The van der Waals surface area contributed by atoms with Crippen LogP contribution in [0.15, 0.2) is 24.3 Å². The summed E-state index contributed by atoms with van der Waals surface area (Å²) in [6, 6.07) is 8.08. The maximum absolute atomic E-state index is 11.8. The normalized spacial score (nSPS) is 13.9. The molecule has 17 heavy (non-hydrogen) atoms. The van der Waals surface area contributed by atoms with E-state index in [2.05, 4.69) is 33.3 Å². The van der Waals surface area contributed by atoms with Gasteiger partial charge in [-0.15, -0.1) is 0 Å². The van der Waals surface area contributed by atoms with Crippen LogP contribution in [0.1, 0.15) is 26.3 Å². The van der Waals surface area contributed by atoms with Gasteiger partial charge in [0.2, 0.25) is 0 Å². The van der Waals surface area contributed by atoms with Crippen LogP contribution in [0.2, 0.25) is 0 Å². The fourth-order valence-corrected chi connectivity index (χ4v) is 1.34. The number of nitrogens with zero attached hydrogens (tertiary/aromatic N) is 2. The number of hydrogen-bond donors (Lipinski definition) is 0. The van der Waals surface area contributed by atoms with Crippen molar-refractivity contribution in [3.8, 4) is 0 Å². The molecule has 0 aliphatic carbocycles. The standard InChI is InChI=1S/C14H23N2O/c1-14(2,3)15(17)11-12-7-9-13(10-8-12)16(4,5)6/h7-11H,1-6H3/q+1/b15-11-. The molecule has 0 aliphatic rings. The monoisotopic (exact) mass is 235 g/mol. The molecule has 0 saturated carbocycles. The molecule has 0 aromatic heterocycles. The van der Waals surface area contributed by atoms with Gasteiger partial charge in [-0.1, -0.05) is 0 Å². The van der Waals surface area contributed by atoms with Crippen LogP contribution in [0.25, 0.3) is 0 Å². The summed E-state index contributed by atoms with van der Waals surface area (Å²) in [6.45, 7) is 5.70. The van der Waals surface area contributed by atoms with Gasteiger partial charge in [0, 0.05) is 26.3 Å². The molecule has 0 radical (unpaired) electrons. The van der Waals surface area contributed by atoms with E-state index in [-0.39, 0.29) is 0 Å². The number of quaternary nitrogens is 1. The van der Waals surface area contributed by atoms with Crippen LogP contribution >= 0.6 is 0 Å². The molecule has 1 aromatic rings. The summed E-state index contributed by atoms with van der Waals surface area (Å²) in [5, 5.41) is 11.8. The molecule has 0 bridgehead atoms. The van der Waals surface area contributed by atoms with Crippen molar-refractivity contribution in [1.29, 1.82) is 0 Å². The van der Waals surface area contributed by atoms with Gasteiger partial charge in [0.15, 0.2) is 11.8 Å². The van der Waals surface area contributed by atoms with E-state index in [0.29, 0.717) is 0 Å². The lowest BCUT2D eigenvalue weighted by Crippen LogP contribution is -2.34. The Morgan fingerprint density at radius 2 is 1.53 bits per heavy atom. The lowest BCUT2D eigenvalue weighted by molar-refractivity contribution is -0.530. The van der Waals surface area contributed by atoms with E-state index in [0.717, 1.165) is 14.8 Å². The summed E-state index contributed by atoms with van der Waals surface area (Å²) in [5.74, 6) is 0. The Labute approximate surface area is 104 Å². The van der Waals surface area contributed by atoms with Crippen molar-refractivity contribution in [3.05, 3.63) is 35.0 Å². The highest BCUT2D eigenvalue weighted by molar-refractivity contribution is 5.76. The lowest BCUT2D eigenvalue weighted by Gasteiger charge is -2.23. The van der Waals surface area contributed by atoms with Gasteiger partial charge in [-0.05, 0) is 24.3 Å². The Balaban J connectivity index is 2.97. The van der Waals surface area contributed by atoms with Gasteiger partial charge in [0.05, 0.1) is 21.1 Å². The largest absolute Gasteiger partial charge is 0.623 e. The van der Waals surface area contributed by atoms with Gasteiger partial charge in [0.1, 0.15) is 5.69 Å². The minimum absolute atomic E-state index is 0.390. The Hall–Kier alpha value is -1.35. The van der Waals surface area contributed by atoms with E-state index >= 15 is 0 Å². The Morgan fingerprint density at radius 3 is 1.88 bits per heavy atom. The van der Waals surface area contributed by atoms with Crippen LogP contribution in [-0.2, 0) is 0 Å². The number of hydroxylamine groups is 1. The van der Waals surface area contributed by atoms with Crippen LogP contribution in [0, 0.1) is 5.21 Å². The second-order valence-corrected chi connectivity index (χ2v) is 6.23. The van der Waals surface area contributed by atoms with E-state index in [4.69, 9.17) is 0 Å². The number of benzene rings is 1. The summed E-state index contributed by atoms with van der Waals surface area (Å²) >= 11 is 0. The van der Waals surface area contributed by atoms with Crippen LogP contribution in [-0.4, -0.2) is 37.6 Å². The van der Waals surface area contributed by atoms with Gasteiger partial charge >= 0.3 is 0 Å². The van der Waals surface area contributed by atoms with Crippen molar-refractivity contribution in [2.24, 2.45) is 0 Å². The van der Waals surface area contributed by atoms with Crippen molar-refractivity contribution in [3.63, 3.8) is 0 Å². The summed E-state index contributed by atoms with van der Waals surface area (Å²) < 4.78 is 1.77. The third kappa shape index (κ3) is 3.86. The summed E-state index contributed by atoms with van der Waals surface area (Å²) in [5.41, 5.74) is 1.76. The molecule has 0 atom stereocenters. The zero-order chi connectivity index (χ0) is 13.3. The fraction of sp³-hybridized carbons (Fsp3) is 0.500. The van der Waals surface area contributed by atoms with Crippen LogP contribution < -0.4 is 4.48 Å². The highest BCUT2D eigenvalue weighted by atomic mass is 16.5. The first kappa shape index (κ1) is 13.7. The molecule has 1 rings (SSSR count). The third-order valence-corrected chi connectivity index (χ3v) is 2.60. The topological polar surface area (TPSA) is 26.1 Å².